The number of nitrogens with zero attached hydrogens (tertiary/aromatic N) is 2. The predicted molar refractivity (Wildman–Crippen MR) is 203 cm³/mol. The van der Waals surface area contributed by atoms with Crippen LogP contribution < -0.4 is 48.8 Å². The van der Waals surface area contributed by atoms with Gasteiger partial charge in [0.2, 0.25) is 47.3 Å². The van der Waals surface area contributed by atoms with E-state index in [0.29, 0.717) is 12.8 Å². The van der Waals surface area contributed by atoms with Gasteiger partial charge >= 0.3 is 13.8 Å². The van der Waals surface area contributed by atoms with E-state index in [0.717, 1.165) is 4.90 Å². The molecule has 2 aliphatic heterocycles. The Hall–Kier alpha value is -4.90. The van der Waals surface area contributed by atoms with E-state index in [-0.39, 0.29) is 63.6 Å². The third-order valence-corrected chi connectivity index (χ3v) is 9.70. The SMILES string of the molecule is CC(=O)N[C@@H](CCC[NH+]=C(N)N)C(=O)N[C@H](C(=O)N1CCC[C@H]1C(=O)N[C@@H](COP(=O)(O)O)C(=O)N[C@@H](CC(C)C)C(=O)N1CCC[C@H]1C(=O)NCC(N)=O)[C@@H](C)O. The number of phosphoric acid groups is 1. The van der Waals surface area contributed by atoms with Crippen LogP contribution in [-0.2, 0) is 47.4 Å². The van der Waals surface area contributed by atoms with Gasteiger partial charge in [-0.25, -0.2) is 4.57 Å². The lowest BCUT2D eigenvalue weighted by atomic mass is 10.0. The summed E-state index contributed by atoms with van der Waals surface area (Å²) in [4.78, 5) is 128. The van der Waals surface area contributed by atoms with E-state index in [1.54, 1.807) is 13.8 Å². The van der Waals surface area contributed by atoms with Crippen LogP contribution in [0.3, 0.4) is 0 Å². The molecule has 2 fully saturated rings. The summed E-state index contributed by atoms with van der Waals surface area (Å²) in [5.74, 6) is -6.56. The summed E-state index contributed by atoms with van der Waals surface area (Å²) >= 11 is 0. The highest BCUT2D eigenvalue weighted by Crippen LogP contribution is 2.35. The highest BCUT2D eigenvalue weighted by atomic mass is 31.2. The molecule has 8 amide bonds. The minimum atomic E-state index is -5.21. The number of nitrogens with two attached hydrogens (primary N) is 3. The molecule has 2 heterocycles. The summed E-state index contributed by atoms with van der Waals surface area (Å²) in [6.07, 6.45) is 0.00752. The summed E-state index contributed by atoms with van der Waals surface area (Å²) in [7, 11) is -5.21. The Labute approximate surface area is 335 Å². The van der Waals surface area contributed by atoms with Gasteiger partial charge in [0.05, 0.1) is 25.8 Å². The Morgan fingerprint density at radius 1 is 0.810 bits per heavy atom. The third-order valence-electron chi connectivity index (χ3n) is 9.22. The Balaban J connectivity index is 2.29. The van der Waals surface area contributed by atoms with E-state index < -0.39 is 111 Å². The number of guanidine groups is 1. The normalized spacial score (nSPS) is 19.2. The molecule has 58 heavy (non-hydrogen) atoms. The van der Waals surface area contributed by atoms with Crippen molar-refractivity contribution in [3.63, 3.8) is 0 Å². The van der Waals surface area contributed by atoms with Gasteiger partial charge in [0.15, 0.2) is 0 Å². The minimum absolute atomic E-state index is 0.0152. The van der Waals surface area contributed by atoms with Crippen LogP contribution in [0, 0.1) is 5.92 Å². The van der Waals surface area contributed by atoms with Crippen LogP contribution in [-0.4, -0.2) is 153 Å². The molecule has 2 saturated heterocycles. The van der Waals surface area contributed by atoms with Crippen molar-refractivity contribution in [3.05, 3.63) is 0 Å². The predicted octanol–water partition coefficient (Wildman–Crippen LogP) is -6.80. The summed E-state index contributed by atoms with van der Waals surface area (Å²) in [5, 5.41) is 22.7. The number of hydrogen-bond acceptors (Lipinski definition) is 11. The Kier molecular flexibility index (Phi) is 19.4. The van der Waals surface area contributed by atoms with Crippen LogP contribution >= 0.6 is 7.82 Å². The van der Waals surface area contributed by atoms with E-state index in [1.165, 1.54) is 18.7 Å². The second kappa shape index (κ2) is 22.9. The summed E-state index contributed by atoms with van der Waals surface area (Å²) in [6, 6.07) is -8.07. The molecule has 2 aliphatic rings. The molecule has 7 atom stereocenters. The van der Waals surface area contributed by atoms with Gasteiger partial charge in [0, 0.05) is 20.0 Å². The first-order valence-corrected chi connectivity index (χ1v) is 20.4. The van der Waals surface area contributed by atoms with Crippen LogP contribution in [0.5, 0.6) is 0 Å². The number of amides is 8. The zero-order valence-corrected chi connectivity index (χ0v) is 34.0. The van der Waals surface area contributed by atoms with Gasteiger partial charge in [-0.05, 0) is 57.8 Å². The molecule has 24 nitrogen and oxygen atoms in total. The average Bonchev–Trinajstić information content (AvgIpc) is 3.81. The first-order chi connectivity index (χ1) is 27.0. The molecule has 0 aliphatic carbocycles. The fraction of sp³-hybridized carbons (Fsp3) is 0.727. The number of aliphatic hydroxyl groups excluding tert-OH is 1. The van der Waals surface area contributed by atoms with E-state index in [4.69, 9.17) is 17.2 Å². The van der Waals surface area contributed by atoms with Crippen molar-refractivity contribution >= 4 is 61.0 Å². The summed E-state index contributed by atoms with van der Waals surface area (Å²) in [5.41, 5.74) is 15.9. The minimum Gasteiger partial charge on any atom is -0.391 e. The number of primary amides is 1. The summed E-state index contributed by atoms with van der Waals surface area (Å²) in [6.45, 7) is 4.82. The Bertz CT molecular complexity index is 1590. The maximum atomic E-state index is 13.8. The van der Waals surface area contributed by atoms with Crippen molar-refractivity contribution in [2.75, 3.05) is 32.8 Å². The van der Waals surface area contributed by atoms with E-state index >= 15 is 0 Å². The number of carbonyl (C=O) groups is 8. The van der Waals surface area contributed by atoms with E-state index in [2.05, 4.69) is 36.1 Å². The number of hydrogen-bond donors (Lipinski definition) is 12. The van der Waals surface area contributed by atoms with Gasteiger partial charge < -0.3 is 57.0 Å². The molecule has 0 bridgehead atoms. The van der Waals surface area contributed by atoms with Gasteiger partial charge in [0.25, 0.3) is 0 Å². The van der Waals surface area contributed by atoms with E-state index in [1.807, 2.05) is 0 Å². The molecule has 0 aromatic heterocycles. The third kappa shape index (κ3) is 16.2. The second-order valence-electron chi connectivity index (χ2n) is 14.6. The molecule has 328 valence electrons. The molecule has 0 aromatic carbocycles. The number of rotatable bonds is 22. The largest absolute Gasteiger partial charge is 0.469 e. The Morgan fingerprint density at radius 2 is 1.38 bits per heavy atom. The Morgan fingerprint density at radius 3 is 1.90 bits per heavy atom. The monoisotopic (exact) mass is 848 g/mol. The van der Waals surface area contributed by atoms with Crippen LogP contribution in [0.1, 0.15) is 72.6 Å². The lowest BCUT2D eigenvalue weighted by Crippen LogP contribution is -2.78. The molecule has 25 heteroatoms. The van der Waals surface area contributed by atoms with Crippen LogP contribution in [0.25, 0.3) is 0 Å². The van der Waals surface area contributed by atoms with Gasteiger partial charge in [-0.2, -0.15) is 0 Å². The average molecular weight is 849 g/mol. The number of likely N-dealkylation sites (tertiary alicyclic amines) is 2. The molecule has 15 N–H and O–H groups in total. The molecule has 0 aromatic rings. The molecular weight excluding hydrogens is 789 g/mol. The number of aliphatic hydroxyl groups is 1. The lowest BCUT2D eigenvalue weighted by molar-refractivity contribution is -0.459. The maximum absolute atomic E-state index is 13.8. The van der Waals surface area contributed by atoms with Crippen LogP contribution in [0.15, 0.2) is 0 Å². The fourth-order valence-corrected chi connectivity index (χ4v) is 6.90. The summed E-state index contributed by atoms with van der Waals surface area (Å²) < 4.78 is 16.2. The number of nitrogens with one attached hydrogen (secondary N) is 6. The standard InChI is InChI=1S/C33H58N11O13P/c1-17(2)14-21(31(52)43-12-6-9-23(43)29(50)38-15-25(34)47)40-28(49)22(16-57-58(54,55)56)41-30(51)24-10-7-13-44(24)32(53)26(18(3)45)42-27(48)20(39-19(4)46)8-5-11-37-33(35)36/h17-18,20-24,26,45H,5-16H2,1-4H3,(H2,34,47)(H,38,50)(H,39,46)(H,40,49)(H,41,51)(H,42,48)(H4,35,36,37)(H2,54,55,56)/p+1/t18-,20+,21+,22+,23+,24+,26+/m1/s1. The first-order valence-electron chi connectivity index (χ1n) is 18.9. The van der Waals surface area contributed by atoms with Gasteiger partial charge in [-0.3, -0.25) is 59.3 Å². The zero-order valence-electron chi connectivity index (χ0n) is 33.1. The topological polar surface area (TPSA) is 382 Å². The van der Waals surface area contributed by atoms with Gasteiger partial charge in [-0.15, -0.1) is 0 Å². The van der Waals surface area contributed by atoms with Crippen LogP contribution in [0.2, 0.25) is 0 Å². The van der Waals surface area contributed by atoms with Crippen molar-refractivity contribution in [1.82, 2.24) is 36.4 Å². The lowest BCUT2D eigenvalue weighted by Gasteiger charge is -2.32. The molecule has 0 spiro atoms. The molecule has 2 rings (SSSR count). The first kappa shape index (κ1) is 49.2. The van der Waals surface area contributed by atoms with Crippen LogP contribution in [0.4, 0.5) is 0 Å². The zero-order chi connectivity index (χ0) is 43.9. The van der Waals surface area contributed by atoms with Crippen molar-refractivity contribution in [2.45, 2.75) is 115 Å². The molecule has 0 radical (unpaired) electrons. The van der Waals surface area contributed by atoms with Crippen molar-refractivity contribution in [2.24, 2.45) is 23.1 Å². The molecular formula is C33H59N11O13P+. The smallest absolute Gasteiger partial charge is 0.391 e. The number of carbonyl (C=O) groups excluding carboxylic acids is 8. The maximum Gasteiger partial charge on any atom is 0.469 e. The molecule has 0 unspecified atom stereocenters. The van der Waals surface area contributed by atoms with Crippen molar-refractivity contribution < 1.29 is 67.3 Å². The quantitative estimate of drug-likeness (QED) is 0.0209. The van der Waals surface area contributed by atoms with E-state index in [9.17, 15) is 57.8 Å². The van der Waals surface area contributed by atoms with Crippen molar-refractivity contribution in [3.8, 4) is 0 Å². The van der Waals surface area contributed by atoms with Gasteiger partial charge in [0.1, 0.15) is 36.3 Å². The molecule has 0 saturated carbocycles. The second-order valence-corrected chi connectivity index (χ2v) is 15.8. The van der Waals surface area contributed by atoms with Crippen molar-refractivity contribution in [1.29, 1.82) is 0 Å². The highest BCUT2D eigenvalue weighted by Gasteiger charge is 2.42. The number of phosphoric ester groups is 1. The highest BCUT2D eigenvalue weighted by molar-refractivity contribution is 7.46. The fourth-order valence-electron chi connectivity index (χ4n) is 6.56. The van der Waals surface area contributed by atoms with Gasteiger partial charge in [-0.1, -0.05) is 13.8 Å².